The Morgan fingerprint density at radius 3 is 1.29 bits per heavy atom. The summed E-state index contributed by atoms with van der Waals surface area (Å²) in [6, 6.07) is 16.5. The van der Waals surface area contributed by atoms with Gasteiger partial charge in [-0.1, -0.05) is 23.2 Å². The smallest absolute Gasteiger partial charge is 0.382 e. The molecule has 92 heavy (non-hydrogen) atoms. The number of hydrogen-bond donors (Lipinski definition) is 6. The third-order valence-electron chi connectivity index (χ3n) is 14.5. The van der Waals surface area contributed by atoms with Crippen LogP contribution in [0.5, 0.6) is 0 Å². The minimum atomic E-state index is -5.01. The Hall–Kier alpha value is -9.68. The Balaban J connectivity index is 0.000000188. The zero-order valence-corrected chi connectivity index (χ0v) is 48.8. The van der Waals surface area contributed by atoms with Gasteiger partial charge in [0, 0.05) is 72.6 Å². The fourth-order valence-corrected chi connectivity index (χ4v) is 9.88. The van der Waals surface area contributed by atoms with Crippen molar-refractivity contribution in [3.63, 3.8) is 0 Å². The molecular weight excluding hydrogens is 1280 g/mol. The number of carbonyl (C=O) groups is 4. The van der Waals surface area contributed by atoms with Crippen LogP contribution in [0.2, 0.25) is 10.0 Å². The second-order valence-corrected chi connectivity index (χ2v) is 22.2. The lowest BCUT2D eigenvalue weighted by atomic mass is 10.2. The number of hydrogen-bond acceptors (Lipinski definition) is 18. The van der Waals surface area contributed by atoms with Gasteiger partial charge in [0.1, 0.15) is 25.4 Å². The van der Waals surface area contributed by atoms with Crippen molar-refractivity contribution in [2.45, 2.75) is 88.0 Å². The number of nitrogens with one attached hydrogen (secondary N) is 4. The average Bonchev–Trinajstić information content (AvgIpc) is 1.88. The van der Waals surface area contributed by atoms with E-state index in [1.165, 1.54) is 94.6 Å². The van der Waals surface area contributed by atoms with Crippen LogP contribution in [0.15, 0.2) is 94.8 Å². The van der Waals surface area contributed by atoms with E-state index in [1.807, 2.05) is 0 Å². The van der Waals surface area contributed by atoms with Crippen molar-refractivity contribution in [2.75, 3.05) is 49.1 Å². The molecule has 28 nitrogen and oxygen atoms in total. The summed E-state index contributed by atoms with van der Waals surface area (Å²) in [5, 5.41) is 48.2. The first-order valence-corrected chi connectivity index (χ1v) is 28.7. The van der Waals surface area contributed by atoms with Crippen LogP contribution >= 0.6 is 23.2 Å². The third kappa shape index (κ3) is 14.2. The Bertz CT molecular complexity index is 3950. The molecule has 0 unspecified atom stereocenters. The monoisotopic (exact) mass is 1330 g/mol. The van der Waals surface area contributed by atoms with Gasteiger partial charge in [-0.2, -0.15) is 45.7 Å². The molecule has 6 aromatic heterocycles. The van der Waals surface area contributed by atoms with Crippen LogP contribution in [0.25, 0.3) is 34.2 Å². The summed E-state index contributed by atoms with van der Waals surface area (Å²) >= 11 is 11.9. The lowest BCUT2D eigenvalue weighted by molar-refractivity contribution is -0.207. The highest BCUT2D eigenvalue weighted by Crippen LogP contribution is 2.31. The van der Waals surface area contributed by atoms with Gasteiger partial charge in [0.25, 0.3) is 11.8 Å². The van der Waals surface area contributed by atoms with E-state index in [-0.39, 0.29) is 120 Å². The largest absolute Gasteiger partial charge is 0.416 e. The van der Waals surface area contributed by atoms with Crippen molar-refractivity contribution in [3.8, 4) is 34.2 Å². The quantitative estimate of drug-likeness (QED) is 0.0671. The molecule has 0 bridgehead atoms. The molecule has 484 valence electrons. The van der Waals surface area contributed by atoms with E-state index >= 15 is 0 Å². The van der Waals surface area contributed by atoms with Gasteiger partial charge in [-0.3, -0.25) is 28.3 Å². The van der Waals surface area contributed by atoms with Crippen LogP contribution in [-0.2, 0) is 35.8 Å². The average molecular weight is 1330 g/mol. The van der Waals surface area contributed by atoms with Crippen LogP contribution < -0.4 is 42.4 Å². The maximum absolute atomic E-state index is 13.5. The highest BCUT2D eigenvalue weighted by atomic mass is 35.5. The predicted molar refractivity (Wildman–Crippen MR) is 306 cm³/mol. The molecule has 4 aliphatic rings. The van der Waals surface area contributed by atoms with Crippen LogP contribution in [0.1, 0.15) is 45.5 Å². The number of amides is 4. The number of aromatic nitrogens is 14. The molecule has 2 saturated carbocycles. The van der Waals surface area contributed by atoms with Crippen molar-refractivity contribution in [1.82, 2.24) is 89.5 Å². The number of alkyl halides is 8. The highest BCUT2D eigenvalue weighted by Gasteiger charge is 2.43. The van der Waals surface area contributed by atoms with Crippen molar-refractivity contribution in [3.05, 3.63) is 139 Å². The van der Waals surface area contributed by atoms with E-state index in [0.717, 1.165) is 9.36 Å². The molecule has 4 fully saturated rings. The van der Waals surface area contributed by atoms with E-state index in [2.05, 4.69) is 61.6 Å². The van der Waals surface area contributed by atoms with Crippen molar-refractivity contribution < 1.29 is 64.5 Å². The molecule has 8 heterocycles. The topological polar surface area (TPSA) is 330 Å². The molecule has 0 radical (unpaired) electrons. The summed E-state index contributed by atoms with van der Waals surface area (Å²) in [7, 11) is 0. The molecule has 38 heteroatoms. The molecule has 2 aliphatic carbocycles. The number of aliphatic hydroxyl groups is 2. The number of aliphatic hydroxyl groups excluding tert-OH is 2. The van der Waals surface area contributed by atoms with Gasteiger partial charge in [0.15, 0.2) is 46.9 Å². The van der Waals surface area contributed by atoms with E-state index in [0.29, 0.717) is 32.3 Å². The van der Waals surface area contributed by atoms with Gasteiger partial charge in [0.05, 0.1) is 49.6 Å². The van der Waals surface area contributed by atoms with Gasteiger partial charge >= 0.3 is 23.7 Å². The zero-order chi connectivity index (χ0) is 65.5. The summed E-state index contributed by atoms with van der Waals surface area (Å²) in [4.78, 5) is 97.9. The van der Waals surface area contributed by atoms with Gasteiger partial charge in [-0.05, 0) is 72.8 Å². The third-order valence-corrected chi connectivity index (χ3v) is 15.0. The van der Waals surface area contributed by atoms with Gasteiger partial charge < -0.3 is 41.3 Å². The first-order valence-electron chi connectivity index (χ1n) is 27.9. The maximum Gasteiger partial charge on any atom is 0.416 e. The molecule has 2 saturated heterocycles. The standard InChI is InChI=1S/2C27H25ClF4N10O4/c2*28-15-5-3-14(4-6-15)23-38-41(26(46)40(23)11-19(43)27(30,31)32)12-20-36-25(39-9-8-33-21(44)13-39)42(37-20)18-2-1-7-34-22(18)24(45)35-17-10-16(17)29/h2*1-7,16-17,19,43H,8-13H2,(H,33,44)(H,35,45)/t16-,17-,19+;16-,17-,19-/m10/s1. The van der Waals surface area contributed by atoms with E-state index in [4.69, 9.17) is 23.2 Å². The Kier molecular flexibility index (Phi) is 18.0. The summed E-state index contributed by atoms with van der Waals surface area (Å²) in [5.74, 6) is -2.15. The fourth-order valence-electron chi connectivity index (χ4n) is 9.62. The number of halogens is 10. The number of anilines is 2. The normalized spacial score (nSPS) is 18.7. The zero-order valence-electron chi connectivity index (χ0n) is 47.3. The Morgan fingerprint density at radius 1 is 0.587 bits per heavy atom. The number of rotatable bonds is 18. The number of pyridine rings is 2. The molecule has 8 aromatic rings. The molecule has 2 aliphatic heterocycles. The first-order chi connectivity index (χ1) is 43.8. The fraction of sp³-hybridized carbons (Fsp3) is 0.370. The molecule has 6 N–H and O–H groups in total. The number of carbonyl (C=O) groups excluding carboxylic acids is 4. The van der Waals surface area contributed by atoms with Gasteiger partial charge in [0.2, 0.25) is 23.7 Å². The van der Waals surface area contributed by atoms with Crippen molar-refractivity contribution >= 4 is 58.7 Å². The van der Waals surface area contributed by atoms with Crippen molar-refractivity contribution in [1.29, 1.82) is 0 Å². The lowest BCUT2D eigenvalue weighted by Crippen LogP contribution is -2.48. The van der Waals surface area contributed by atoms with Gasteiger partial charge in [-0.25, -0.2) is 37.7 Å². The minimum absolute atomic E-state index is 0.0482. The SMILES string of the molecule is O=C1CN(c2nc(Cn3nc(-c4ccc(Cl)cc4)n(C[C@H](O)C(F)(F)F)c3=O)nn2-c2cccnc2C(=O)N[C@@H]2C[C@H]2F)CCN1.O=C1CN(c2nc(Cn3nc(-c4ccc(Cl)cc4)n(C[C@H](O)C(F)(F)F)c3=O)nn2-c2cccnc2C(=O)N[C@H]2C[C@@H]2F)CCN1. The first kappa shape index (κ1) is 63.9. The van der Waals surface area contributed by atoms with Gasteiger partial charge in [-0.15, -0.1) is 20.4 Å². The lowest BCUT2D eigenvalue weighted by Gasteiger charge is -2.27. The van der Waals surface area contributed by atoms with Crippen LogP contribution in [0.4, 0.5) is 47.0 Å². The second-order valence-electron chi connectivity index (χ2n) is 21.3. The summed E-state index contributed by atoms with van der Waals surface area (Å²) in [5.41, 5.74) is -1.39. The summed E-state index contributed by atoms with van der Waals surface area (Å²) < 4.78 is 112. The number of benzene rings is 2. The molecule has 12 rings (SSSR count). The van der Waals surface area contributed by atoms with Crippen LogP contribution in [0, 0.1) is 0 Å². The van der Waals surface area contributed by atoms with Crippen molar-refractivity contribution in [2.24, 2.45) is 0 Å². The maximum atomic E-state index is 13.5. The van der Waals surface area contributed by atoms with Crippen LogP contribution in [-0.4, -0.2) is 190 Å². The van der Waals surface area contributed by atoms with E-state index in [1.54, 1.807) is 9.80 Å². The molecule has 6 atom stereocenters. The van der Waals surface area contributed by atoms with Crippen LogP contribution in [0.3, 0.4) is 0 Å². The molecular formula is C54H50Cl2F8N20O8. The Morgan fingerprint density at radius 2 is 0.957 bits per heavy atom. The number of nitrogens with zero attached hydrogens (tertiary/aromatic N) is 16. The number of piperazine rings is 2. The molecule has 2 aromatic carbocycles. The summed E-state index contributed by atoms with van der Waals surface area (Å²) in [6.45, 7) is -2.22. The Labute approximate surface area is 521 Å². The molecule has 0 spiro atoms. The second kappa shape index (κ2) is 25.9. The predicted octanol–water partition coefficient (Wildman–Crippen LogP) is 2.18. The molecule has 4 amide bonds. The summed E-state index contributed by atoms with van der Waals surface area (Å²) in [6.07, 6.45) is -15.0. The minimum Gasteiger partial charge on any atom is -0.382 e. The van der Waals surface area contributed by atoms with E-state index < -0.39 is 98.4 Å². The highest BCUT2D eigenvalue weighted by molar-refractivity contribution is 6.31. The van der Waals surface area contributed by atoms with E-state index in [9.17, 15) is 74.1 Å².